The molecule has 0 saturated heterocycles. The third kappa shape index (κ3) is 4.32. The Hall–Kier alpha value is -1.75. The van der Waals surface area contributed by atoms with E-state index in [-0.39, 0.29) is 5.91 Å². The SMILES string of the molecule is CC1=NN(c2nc(-c3ccc(C)cc3)cs2)C(=O)[C@@H]1N=Nc1c(Br)cc(Br)cc1Br. The molecule has 10 heteroatoms. The van der Waals surface area contributed by atoms with Crippen molar-refractivity contribution in [3.63, 3.8) is 0 Å². The minimum atomic E-state index is -0.779. The van der Waals surface area contributed by atoms with Crippen LogP contribution in [-0.4, -0.2) is 22.6 Å². The zero-order chi connectivity index (χ0) is 21.4. The van der Waals surface area contributed by atoms with Gasteiger partial charge in [-0.05, 0) is 57.8 Å². The van der Waals surface area contributed by atoms with E-state index in [0.29, 0.717) is 16.5 Å². The van der Waals surface area contributed by atoms with Gasteiger partial charge >= 0.3 is 0 Å². The van der Waals surface area contributed by atoms with Crippen molar-refractivity contribution in [2.75, 3.05) is 5.01 Å². The lowest BCUT2D eigenvalue weighted by atomic mass is 10.1. The molecule has 2 aromatic carbocycles. The van der Waals surface area contributed by atoms with Crippen LogP contribution in [0.2, 0.25) is 0 Å². The largest absolute Gasteiger partial charge is 0.282 e. The second-order valence-corrected chi connectivity index (χ2v) is 10.1. The Bertz CT molecular complexity index is 1170. The Morgan fingerprint density at radius 3 is 2.40 bits per heavy atom. The minimum Gasteiger partial charge on any atom is -0.269 e. The van der Waals surface area contributed by atoms with Gasteiger partial charge in [-0.25, -0.2) is 4.98 Å². The van der Waals surface area contributed by atoms with Crippen LogP contribution in [0.1, 0.15) is 12.5 Å². The zero-order valence-corrected chi connectivity index (χ0v) is 21.4. The molecule has 1 aliphatic heterocycles. The Morgan fingerprint density at radius 2 is 1.73 bits per heavy atom. The predicted octanol–water partition coefficient (Wildman–Crippen LogP) is 7.28. The number of rotatable bonds is 4. The van der Waals surface area contributed by atoms with Crippen molar-refractivity contribution in [1.82, 2.24) is 4.98 Å². The monoisotopic (exact) mass is 609 g/mol. The third-order valence-electron chi connectivity index (χ3n) is 4.37. The lowest BCUT2D eigenvalue weighted by Gasteiger charge is -2.08. The summed E-state index contributed by atoms with van der Waals surface area (Å²) in [4.78, 5) is 17.5. The summed E-state index contributed by atoms with van der Waals surface area (Å²) in [6.45, 7) is 3.80. The Labute approximate surface area is 202 Å². The van der Waals surface area contributed by atoms with Crippen molar-refractivity contribution >= 4 is 81.6 Å². The highest BCUT2D eigenvalue weighted by Gasteiger charge is 2.36. The molecule has 0 bridgehead atoms. The highest BCUT2D eigenvalue weighted by molar-refractivity contribution is 9.11. The fourth-order valence-corrected chi connectivity index (χ4v) is 6.00. The Morgan fingerprint density at radius 1 is 1.07 bits per heavy atom. The summed E-state index contributed by atoms with van der Waals surface area (Å²) in [6, 6.07) is 11.0. The van der Waals surface area contributed by atoms with Gasteiger partial charge in [0.05, 0.1) is 11.4 Å². The van der Waals surface area contributed by atoms with Crippen LogP contribution in [0.5, 0.6) is 0 Å². The molecule has 0 radical (unpaired) electrons. The van der Waals surface area contributed by atoms with Crippen LogP contribution in [0.3, 0.4) is 0 Å². The van der Waals surface area contributed by atoms with Crippen LogP contribution in [-0.2, 0) is 4.79 Å². The maximum atomic E-state index is 12.9. The van der Waals surface area contributed by atoms with Gasteiger partial charge in [-0.2, -0.15) is 20.3 Å². The van der Waals surface area contributed by atoms with Gasteiger partial charge in [0.25, 0.3) is 5.91 Å². The normalized spacial score (nSPS) is 16.6. The molecule has 0 aliphatic carbocycles. The first-order chi connectivity index (χ1) is 14.3. The summed E-state index contributed by atoms with van der Waals surface area (Å²) in [6.07, 6.45) is 0. The average molecular weight is 612 g/mol. The molecule has 2 heterocycles. The summed E-state index contributed by atoms with van der Waals surface area (Å²) in [5, 5.41) is 16.7. The molecule has 0 saturated carbocycles. The molecule has 1 atom stereocenters. The molecule has 6 nitrogen and oxygen atoms in total. The number of carbonyl (C=O) groups is 1. The van der Waals surface area contributed by atoms with Crippen molar-refractivity contribution in [3.05, 3.63) is 60.8 Å². The number of carbonyl (C=O) groups excluding carboxylic acids is 1. The number of aromatic nitrogens is 1. The molecule has 0 N–H and O–H groups in total. The highest BCUT2D eigenvalue weighted by atomic mass is 79.9. The first-order valence-corrected chi connectivity index (χ1v) is 12.1. The van der Waals surface area contributed by atoms with Crippen LogP contribution in [0.4, 0.5) is 10.8 Å². The van der Waals surface area contributed by atoms with E-state index < -0.39 is 6.04 Å². The van der Waals surface area contributed by atoms with Gasteiger partial charge in [0, 0.05) is 24.4 Å². The standard InChI is InChI=1S/C20H14Br3N5OS/c1-10-3-5-12(6-4-10)16-9-30-20(24-16)28-19(29)17(11(2)27-28)25-26-18-14(22)7-13(21)8-15(18)23/h3-9,17H,1-2H3/t17-/m1/s1. The van der Waals surface area contributed by atoms with Crippen LogP contribution < -0.4 is 5.01 Å². The molecular formula is C20H14Br3N5OS. The predicted molar refractivity (Wildman–Crippen MR) is 131 cm³/mol. The van der Waals surface area contributed by atoms with Crippen molar-refractivity contribution in [1.29, 1.82) is 0 Å². The summed E-state index contributed by atoms with van der Waals surface area (Å²) in [5.41, 5.74) is 4.16. The number of halogens is 3. The van der Waals surface area contributed by atoms with Gasteiger partial charge in [-0.3, -0.25) is 4.79 Å². The van der Waals surface area contributed by atoms with Crippen molar-refractivity contribution in [3.8, 4) is 11.3 Å². The lowest BCUT2D eigenvalue weighted by molar-refractivity contribution is -0.117. The molecule has 4 rings (SSSR count). The smallest absolute Gasteiger partial charge is 0.269 e. The molecule has 1 aliphatic rings. The Kier molecular flexibility index (Phi) is 6.29. The summed E-state index contributed by atoms with van der Waals surface area (Å²) < 4.78 is 2.41. The number of thiazole rings is 1. The van der Waals surface area contributed by atoms with E-state index in [0.717, 1.165) is 24.7 Å². The third-order valence-corrected chi connectivity index (χ3v) is 6.85. The van der Waals surface area contributed by atoms with Gasteiger partial charge in [0.15, 0.2) is 6.04 Å². The number of aryl methyl sites for hydroxylation is 1. The van der Waals surface area contributed by atoms with Crippen molar-refractivity contribution in [2.24, 2.45) is 15.3 Å². The van der Waals surface area contributed by atoms with E-state index in [4.69, 9.17) is 0 Å². The van der Waals surface area contributed by atoms with Gasteiger partial charge < -0.3 is 0 Å². The van der Waals surface area contributed by atoms with Gasteiger partial charge in [0.2, 0.25) is 5.13 Å². The number of nitrogens with zero attached hydrogens (tertiary/aromatic N) is 5. The van der Waals surface area contributed by atoms with E-state index >= 15 is 0 Å². The Balaban J connectivity index is 1.56. The summed E-state index contributed by atoms with van der Waals surface area (Å²) in [5.74, 6) is -0.273. The molecule has 30 heavy (non-hydrogen) atoms. The number of benzene rings is 2. The number of hydrazone groups is 1. The summed E-state index contributed by atoms with van der Waals surface area (Å²) in [7, 11) is 0. The molecule has 152 valence electrons. The van der Waals surface area contributed by atoms with Crippen LogP contribution in [0.25, 0.3) is 11.3 Å². The molecule has 0 unspecified atom stereocenters. The fourth-order valence-electron chi connectivity index (χ4n) is 2.79. The maximum absolute atomic E-state index is 12.9. The van der Waals surface area contributed by atoms with Gasteiger partial charge in [-0.15, -0.1) is 11.3 Å². The zero-order valence-electron chi connectivity index (χ0n) is 15.8. The molecule has 1 amide bonds. The number of azo groups is 1. The number of anilines is 1. The number of amides is 1. The molecule has 0 spiro atoms. The number of hydrogen-bond acceptors (Lipinski definition) is 6. The topological polar surface area (TPSA) is 70.3 Å². The molecule has 0 fully saturated rings. The quantitative estimate of drug-likeness (QED) is 0.291. The second-order valence-electron chi connectivity index (χ2n) is 6.61. The van der Waals surface area contributed by atoms with E-state index in [1.165, 1.54) is 21.9 Å². The van der Waals surface area contributed by atoms with E-state index in [1.807, 2.05) is 48.7 Å². The van der Waals surface area contributed by atoms with Crippen LogP contribution in [0, 0.1) is 6.92 Å². The van der Waals surface area contributed by atoms with Crippen molar-refractivity contribution in [2.45, 2.75) is 19.9 Å². The molecular weight excluding hydrogens is 598 g/mol. The van der Waals surface area contributed by atoms with E-state index in [1.54, 1.807) is 6.92 Å². The second kappa shape index (κ2) is 8.78. The molecule has 1 aromatic heterocycles. The number of hydrogen-bond donors (Lipinski definition) is 0. The average Bonchev–Trinajstić information content (AvgIpc) is 3.27. The fraction of sp³-hybridized carbons (Fsp3) is 0.150. The van der Waals surface area contributed by atoms with Crippen LogP contribution in [0.15, 0.2) is 70.5 Å². The lowest BCUT2D eigenvalue weighted by Crippen LogP contribution is -2.29. The maximum Gasteiger partial charge on any atom is 0.282 e. The van der Waals surface area contributed by atoms with Gasteiger partial charge in [0.1, 0.15) is 5.69 Å². The van der Waals surface area contributed by atoms with Crippen LogP contribution >= 0.6 is 59.1 Å². The van der Waals surface area contributed by atoms with E-state index in [2.05, 4.69) is 68.1 Å². The minimum absolute atomic E-state index is 0.273. The highest BCUT2D eigenvalue weighted by Crippen LogP contribution is 2.37. The first kappa shape index (κ1) is 21.5. The summed E-state index contributed by atoms with van der Waals surface area (Å²) >= 11 is 11.7. The van der Waals surface area contributed by atoms with E-state index in [9.17, 15) is 4.79 Å². The molecule has 3 aromatic rings. The van der Waals surface area contributed by atoms with Crippen molar-refractivity contribution < 1.29 is 4.79 Å². The first-order valence-electron chi connectivity index (χ1n) is 8.80. The van der Waals surface area contributed by atoms with Gasteiger partial charge in [-0.1, -0.05) is 45.8 Å².